The molecule has 3 atom stereocenters. The Morgan fingerprint density at radius 1 is 1.00 bits per heavy atom. The highest BCUT2D eigenvalue weighted by molar-refractivity contribution is 9.10. The molecule has 2 aromatic rings. The van der Waals surface area contributed by atoms with E-state index in [2.05, 4.69) is 22.9 Å². The van der Waals surface area contributed by atoms with Crippen LogP contribution in [0.15, 0.2) is 53.0 Å². The van der Waals surface area contributed by atoms with Crippen molar-refractivity contribution in [2.75, 3.05) is 4.90 Å². The molecule has 6 heteroatoms. The number of hydrogen-bond acceptors (Lipinski definition) is 4. The Morgan fingerprint density at radius 3 is 2.43 bits per heavy atom. The van der Waals surface area contributed by atoms with Crippen molar-refractivity contribution in [2.24, 2.45) is 17.8 Å². The molecule has 0 N–H and O–H groups in total. The number of esters is 1. The molecule has 1 saturated carbocycles. The Balaban J connectivity index is 1.63. The number of para-hydroxylation sites is 2. The molecule has 1 saturated heterocycles. The number of nitrogens with zero attached hydrogens (tertiary/aromatic N) is 1. The number of hydrogen-bond donors (Lipinski definition) is 0. The Labute approximate surface area is 171 Å². The minimum atomic E-state index is -0.537. The second-order valence-electron chi connectivity index (χ2n) is 7.51. The molecule has 1 aliphatic heterocycles. The van der Waals surface area contributed by atoms with E-state index in [-0.39, 0.29) is 29.4 Å². The molecular weight excluding hydrogens is 422 g/mol. The summed E-state index contributed by atoms with van der Waals surface area (Å²) < 4.78 is 6.41. The fourth-order valence-corrected chi connectivity index (χ4v) is 4.36. The molecule has 1 aliphatic carbocycles. The van der Waals surface area contributed by atoms with Gasteiger partial charge in [-0.1, -0.05) is 35.0 Å². The summed E-state index contributed by atoms with van der Waals surface area (Å²) in [6.45, 7) is 2.12. The maximum atomic E-state index is 13.0. The van der Waals surface area contributed by atoms with E-state index in [1.807, 2.05) is 0 Å². The van der Waals surface area contributed by atoms with Crippen molar-refractivity contribution in [2.45, 2.75) is 26.2 Å². The first-order valence-electron chi connectivity index (χ1n) is 9.40. The van der Waals surface area contributed by atoms with Crippen LogP contribution >= 0.6 is 15.9 Å². The molecule has 2 amide bonds. The summed E-state index contributed by atoms with van der Waals surface area (Å²) in [4.78, 5) is 39.7. The molecule has 0 bridgehead atoms. The summed E-state index contributed by atoms with van der Waals surface area (Å²) in [6.07, 6.45) is 2.41. The van der Waals surface area contributed by atoms with Crippen molar-refractivity contribution in [3.8, 4) is 5.75 Å². The van der Waals surface area contributed by atoms with E-state index in [0.717, 1.165) is 23.7 Å². The minimum absolute atomic E-state index is 0.186. The molecule has 0 radical (unpaired) electrons. The molecule has 4 rings (SSSR count). The number of carbonyl (C=O) groups excluding carboxylic acids is 3. The second kappa shape index (κ2) is 7.51. The number of fused-ring (bicyclic) bond motifs is 1. The van der Waals surface area contributed by atoms with Crippen molar-refractivity contribution in [3.63, 3.8) is 0 Å². The number of imide groups is 1. The first-order valence-corrected chi connectivity index (χ1v) is 10.2. The lowest BCUT2D eigenvalue weighted by molar-refractivity contribution is -0.122. The molecule has 2 aliphatic rings. The highest BCUT2D eigenvalue weighted by atomic mass is 79.9. The standard InChI is InChI=1S/C22H20BrNO4/c1-13-6-11-16-17(12-13)21(26)24(20(16)25)18-4-2-3-5-19(18)28-22(27)14-7-9-15(23)10-8-14/h2-5,7-10,13,16-17H,6,11-12H2,1H3/t13-,16-,17-/m1/s1. The van der Waals surface area contributed by atoms with Crippen LogP contribution in [-0.4, -0.2) is 17.8 Å². The van der Waals surface area contributed by atoms with E-state index in [1.54, 1.807) is 48.5 Å². The van der Waals surface area contributed by atoms with Crippen LogP contribution in [0.4, 0.5) is 5.69 Å². The van der Waals surface area contributed by atoms with Gasteiger partial charge in [0, 0.05) is 4.47 Å². The Hall–Kier alpha value is -2.47. The van der Waals surface area contributed by atoms with Crippen LogP contribution in [0.1, 0.15) is 36.5 Å². The summed E-state index contributed by atoms with van der Waals surface area (Å²) in [5, 5.41) is 0. The van der Waals surface area contributed by atoms with Gasteiger partial charge in [0.2, 0.25) is 11.8 Å². The van der Waals surface area contributed by atoms with E-state index < -0.39 is 5.97 Å². The van der Waals surface area contributed by atoms with E-state index in [0.29, 0.717) is 17.2 Å². The van der Waals surface area contributed by atoms with Gasteiger partial charge >= 0.3 is 5.97 Å². The van der Waals surface area contributed by atoms with Gasteiger partial charge in [-0.3, -0.25) is 9.59 Å². The van der Waals surface area contributed by atoms with E-state index in [4.69, 9.17) is 4.74 Å². The Bertz CT molecular complexity index is 940. The fraction of sp³-hybridized carbons (Fsp3) is 0.318. The van der Waals surface area contributed by atoms with Crippen molar-refractivity contribution >= 4 is 39.4 Å². The average molecular weight is 442 g/mol. The molecule has 0 spiro atoms. The van der Waals surface area contributed by atoms with Crippen LogP contribution < -0.4 is 9.64 Å². The third kappa shape index (κ3) is 3.37. The molecule has 1 heterocycles. The highest BCUT2D eigenvalue weighted by Crippen LogP contribution is 2.44. The number of amides is 2. The number of ether oxygens (including phenoxy) is 1. The predicted molar refractivity (Wildman–Crippen MR) is 108 cm³/mol. The van der Waals surface area contributed by atoms with E-state index in [9.17, 15) is 14.4 Å². The Morgan fingerprint density at radius 2 is 1.68 bits per heavy atom. The molecule has 5 nitrogen and oxygen atoms in total. The molecule has 28 heavy (non-hydrogen) atoms. The van der Waals surface area contributed by atoms with Gasteiger partial charge in [-0.2, -0.15) is 0 Å². The molecule has 0 unspecified atom stereocenters. The van der Waals surface area contributed by atoms with Gasteiger partial charge in [-0.15, -0.1) is 0 Å². The van der Waals surface area contributed by atoms with E-state index in [1.165, 1.54) is 4.90 Å². The number of benzene rings is 2. The lowest BCUT2D eigenvalue weighted by atomic mass is 9.76. The van der Waals surface area contributed by atoms with Gasteiger partial charge in [0.05, 0.1) is 23.1 Å². The zero-order valence-electron chi connectivity index (χ0n) is 15.4. The maximum Gasteiger partial charge on any atom is 0.343 e. The summed E-state index contributed by atoms with van der Waals surface area (Å²) in [5.74, 6) is -0.800. The summed E-state index contributed by atoms with van der Waals surface area (Å²) in [5.41, 5.74) is 0.726. The molecule has 0 aromatic heterocycles. The lowest BCUT2D eigenvalue weighted by Gasteiger charge is -2.25. The number of carbonyl (C=O) groups is 3. The van der Waals surface area contributed by atoms with Gasteiger partial charge in [-0.25, -0.2) is 9.69 Å². The first-order chi connectivity index (χ1) is 13.5. The number of anilines is 1. The third-order valence-corrected chi connectivity index (χ3v) is 6.11. The van der Waals surface area contributed by atoms with Crippen molar-refractivity contribution in [1.29, 1.82) is 0 Å². The molecule has 2 aromatic carbocycles. The van der Waals surface area contributed by atoms with Crippen LogP contribution in [0.25, 0.3) is 0 Å². The predicted octanol–water partition coefficient (Wildman–Crippen LogP) is 4.59. The molecule has 2 fully saturated rings. The van der Waals surface area contributed by atoms with Crippen molar-refractivity contribution in [1.82, 2.24) is 0 Å². The quantitative estimate of drug-likeness (QED) is 0.396. The van der Waals surface area contributed by atoms with Crippen molar-refractivity contribution < 1.29 is 19.1 Å². The van der Waals surface area contributed by atoms with E-state index >= 15 is 0 Å². The normalized spacial score (nSPS) is 24.2. The fourth-order valence-electron chi connectivity index (χ4n) is 4.10. The van der Waals surface area contributed by atoms with Crippen LogP contribution in [0.2, 0.25) is 0 Å². The number of halogens is 1. The molecular formula is C22H20BrNO4. The van der Waals surface area contributed by atoms with Gasteiger partial charge in [0.1, 0.15) is 0 Å². The average Bonchev–Trinajstić information content (AvgIpc) is 2.93. The van der Waals surface area contributed by atoms with Gasteiger partial charge in [-0.05, 0) is 61.6 Å². The van der Waals surface area contributed by atoms with Gasteiger partial charge in [0.15, 0.2) is 5.75 Å². The zero-order chi connectivity index (χ0) is 19.8. The summed E-state index contributed by atoms with van der Waals surface area (Å²) >= 11 is 3.33. The van der Waals surface area contributed by atoms with Gasteiger partial charge < -0.3 is 4.74 Å². The SMILES string of the molecule is C[C@@H]1CC[C@H]2C(=O)N(c3ccccc3OC(=O)c3ccc(Br)cc3)C(=O)[C@@H]2C1. The Kier molecular flexibility index (Phi) is 5.06. The topological polar surface area (TPSA) is 63.7 Å². The summed E-state index contributed by atoms with van der Waals surface area (Å²) in [6, 6.07) is 13.5. The monoisotopic (exact) mass is 441 g/mol. The molecule has 144 valence electrons. The van der Waals surface area contributed by atoms with Gasteiger partial charge in [0.25, 0.3) is 0 Å². The second-order valence-corrected chi connectivity index (χ2v) is 8.42. The van der Waals surface area contributed by atoms with Crippen LogP contribution in [0.3, 0.4) is 0 Å². The van der Waals surface area contributed by atoms with Crippen molar-refractivity contribution in [3.05, 3.63) is 58.6 Å². The lowest BCUT2D eigenvalue weighted by Crippen LogP contribution is -2.31. The summed E-state index contributed by atoms with van der Waals surface area (Å²) in [7, 11) is 0. The third-order valence-electron chi connectivity index (χ3n) is 5.58. The van der Waals surface area contributed by atoms with Crippen LogP contribution in [0, 0.1) is 17.8 Å². The largest absolute Gasteiger partial charge is 0.421 e. The minimum Gasteiger partial charge on any atom is -0.421 e. The van der Waals surface area contributed by atoms with Crippen LogP contribution in [-0.2, 0) is 9.59 Å². The number of rotatable bonds is 3. The maximum absolute atomic E-state index is 13.0. The highest BCUT2D eigenvalue weighted by Gasteiger charge is 2.50. The zero-order valence-corrected chi connectivity index (χ0v) is 17.0. The first kappa shape index (κ1) is 18.9. The van der Waals surface area contributed by atoms with Crippen LogP contribution in [0.5, 0.6) is 5.75 Å². The smallest absolute Gasteiger partial charge is 0.343 e.